The lowest BCUT2D eigenvalue weighted by Gasteiger charge is -2.36. The Morgan fingerprint density at radius 2 is 2.17 bits per heavy atom. The number of rotatable bonds is 4. The topological polar surface area (TPSA) is 51.0 Å². The maximum atomic E-state index is 12.7. The van der Waals surface area contributed by atoms with Crippen molar-refractivity contribution in [1.82, 2.24) is 19.7 Å². The van der Waals surface area contributed by atoms with Gasteiger partial charge in [0, 0.05) is 17.6 Å². The zero-order valence-electron chi connectivity index (χ0n) is 14.1. The molecule has 3 heterocycles. The van der Waals surface area contributed by atoms with Crippen LogP contribution in [-0.2, 0) is 17.8 Å². The summed E-state index contributed by atoms with van der Waals surface area (Å²) in [5.41, 5.74) is 3.10. The Bertz CT molecular complexity index is 691. The van der Waals surface area contributed by atoms with Gasteiger partial charge in [0.2, 0.25) is 5.91 Å². The molecule has 0 N–H and O–H groups in total. The summed E-state index contributed by atoms with van der Waals surface area (Å²) in [5.74, 6) is 0.196. The number of nitrogens with zero attached hydrogens (tertiary/aromatic N) is 4. The first-order valence-corrected chi connectivity index (χ1v) is 9.12. The fourth-order valence-electron chi connectivity index (χ4n) is 3.32. The van der Waals surface area contributed by atoms with Crippen LogP contribution in [0.2, 0.25) is 0 Å². The van der Waals surface area contributed by atoms with Gasteiger partial charge in [0.15, 0.2) is 0 Å². The third-order valence-electron chi connectivity index (χ3n) is 4.43. The van der Waals surface area contributed by atoms with Crippen LogP contribution in [0, 0.1) is 20.8 Å². The van der Waals surface area contributed by atoms with Crippen molar-refractivity contribution in [2.24, 2.45) is 0 Å². The second-order valence-electron chi connectivity index (χ2n) is 6.38. The molecule has 1 aliphatic heterocycles. The third-order valence-corrected chi connectivity index (χ3v) is 5.26. The van der Waals surface area contributed by atoms with Crippen LogP contribution in [0.5, 0.6) is 0 Å². The Balaban J connectivity index is 1.70. The molecular weight excluding hydrogens is 308 g/mol. The minimum atomic E-state index is 0.196. The van der Waals surface area contributed by atoms with Gasteiger partial charge in [-0.1, -0.05) is 0 Å². The first kappa shape index (κ1) is 16.2. The lowest BCUT2D eigenvalue weighted by atomic mass is 10.0. The van der Waals surface area contributed by atoms with Gasteiger partial charge in [0.05, 0.1) is 35.4 Å². The molecule has 0 saturated carbocycles. The Kier molecular flexibility index (Phi) is 4.80. The van der Waals surface area contributed by atoms with Gasteiger partial charge < -0.3 is 4.90 Å². The average Bonchev–Trinajstić information content (AvgIpc) is 3.05. The standard InChI is InChI=1S/C17H24N4OS/c1-12-8-13(2)21(19-12)10-16-6-4-5-7-20(16)17(22)9-15-11-23-14(3)18-15/h8,11,16H,4-7,9-10H2,1-3H3/t16-/m1/s1. The van der Waals surface area contributed by atoms with E-state index < -0.39 is 0 Å². The Morgan fingerprint density at radius 3 is 2.83 bits per heavy atom. The van der Waals surface area contributed by atoms with Crippen molar-refractivity contribution in [3.8, 4) is 0 Å². The fraction of sp³-hybridized carbons (Fsp3) is 0.588. The minimum absolute atomic E-state index is 0.196. The SMILES string of the molecule is Cc1cc(C)n(C[C@H]2CCCCN2C(=O)Cc2csc(C)n2)n1. The maximum absolute atomic E-state index is 12.7. The number of amides is 1. The van der Waals surface area contributed by atoms with E-state index in [1.54, 1.807) is 11.3 Å². The molecule has 1 atom stereocenters. The van der Waals surface area contributed by atoms with Gasteiger partial charge in [-0.25, -0.2) is 4.98 Å². The zero-order valence-corrected chi connectivity index (χ0v) is 14.9. The summed E-state index contributed by atoms with van der Waals surface area (Å²) in [5, 5.41) is 7.57. The lowest BCUT2D eigenvalue weighted by Crippen LogP contribution is -2.46. The highest BCUT2D eigenvalue weighted by Crippen LogP contribution is 2.21. The number of carbonyl (C=O) groups is 1. The molecule has 1 saturated heterocycles. The maximum Gasteiger partial charge on any atom is 0.228 e. The van der Waals surface area contributed by atoms with Crippen LogP contribution in [0.1, 0.15) is 41.4 Å². The largest absolute Gasteiger partial charge is 0.338 e. The predicted molar refractivity (Wildman–Crippen MR) is 91.6 cm³/mol. The number of likely N-dealkylation sites (tertiary alicyclic amines) is 1. The van der Waals surface area contributed by atoms with E-state index in [2.05, 4.69) is 28.0 Å². The minimum Gasteiger partial charge on any atom is -0.338 e. The molecule has 0 radical (unpaired) electrons. The third kappa shape index (κ3) is 3.80. The van der Waals surface area contributed by atoms with E-state index in [-0.39, 0.29) is 11.9 Å². The Hall–Kier alpha value is -1.69. The highest BCUT2D eigenvalue weighted by atomic mass is 32.1. The van der Waals surface area contributed by atoms with Crippen molar-refractivity contribution in [2.75, 3.05) is 6.54 Å². The van der Waals surface area contributed by atoms with E-state index in [1.165, 1.54) is 6.42 Å². The average molecular weight is 332 g/mol. The quantitative estimate of drug-likeness (QED) is 0.865. The first-order chi connectivity index (χ1) is 11.0. The van der Waals surface area contributed by atoms with E-state index in [0.29, 0.717) is 6.42 Å². The highest BCUT2D eigenvalue weighted by molar-refractivity contribution is 7.09. The Labute approximate surface area is 141 Å². The molecule has 1 aliphatic rings. The molecule has 1 amide bonds. The van der Waals surface area contributed by atoms with E-state index in [0.717, 1.165) is 48.0 Å². The molecule has 0 spiro atoms. The molecule has 5 nitrogen and oxygen atoms in total. The normalized spacial score (nSPS) is 18.4. The van der Waals surface area contributed by atoms with Gasteiger partial charge in [0.1, 0.15) is 0 Å². The molecule has 6 heteroatoms. The van der Waals surface area contributed by atoms with Crippen molar-refractivity contribution >= 4 is 17.2 Å². The number of piperidine rings is 1. The molecule has 0 unspecified atom stereocenters. The van der Waals surface area contributed by atoms with Crippen molar-refractivity contribution in [3.63, 3.8) is 0 Å². The number of aryl methyl sites for hydroxylation is 3. The number of thiazole rings is 1. The monoisotopic (exact) mass is 332 g/mol. The number of hydrogen-bond acceptors (Lipinski definition) is 4. The van der Waals surface area contributed by atoms with E-state index in [9.17, 15) is 4.79 Å². The summed E-state index contributed by atoms with van der Waals surface area (Å²) in [6.07, 6.45) is 3.75. The number of hydrogen-bond donors (Lipinski definition) is 0. The van der Waals surface area contributed by atoms with Gasteiger partial charge in [-0.05, 0) is 46.1 Å². The van der Waals surface area contributed by atoms with Crippen LogP contribution in [0.3, 0.4) is 0 Å². The van der Waals surface area contributed by atoms with E-state index >= 15 is 0 Å². The second-order valence-corrected chi connectivity index (χ2v) is 7.44. The molecule has 3 rings (SSSR count). The van der Waals surface area contributed by atoms with Crippen LogP contribution in [0.4, 0.5) is 0 Å². The first-order valence-electron chi connectivity index (χ1n) is 8.24. The fourth-order valence-corrected chi connectivity index (χ4v) is 3.94. The van der Waals surface area contributed by atoms with Gasteiger partial charge in [-0.15, -0.1) is 11.3 Å². The van der Waals surface area contributed by atoms with Crippen LogP contribution in [0.15, 0.2) is 11.4 Å². The van der Waals surface area contributed by atoms with Gasteiger partial charge in [-0.3, -0.25) is 9.48 Å². The van der Waals surface area contributed by atoms with Crippen LogP contribution >= 0.6 is 11.3 Å². The zero-order chi connectivity index (χ0) is 16.4. The summed E-state index contributed by atoms with van der Waals surface area (Å²) in [4.78, 5) is 19.2. The highest BCUT2D eigenvalue weighted by Gasteiger charge is 2.27. The summed E-state index contributed by atoms with van der Waals surface area (Å²) in [6, 6.07) is 2.33. The molecule has 124 valence electrons. The molecule has 2 aromatic rings. The lowest BCUT2D eigenvalue weighted by molar-refractivity contribution is -0.134. The van der Waals surface area contributed by atoms with Crippen LogP contribution in [0.25, 0.3) is 0 Å². The van der Waals surface area contributed by atoms with Crippen LogP contribution in [-0.4, -0.2) is 38.2 Å². The van der Waals surface area contributed by atoms with Gasteiger partial charge >= 0.3 is 0 Å². The van der Waals surface area contributed by atoms with Gasteiger partial charge in [-0.2, -0.15) is 5.10 Å². The molecule has 0 aliphatic carbocycles. The molecule has 0 aromatic carbocycles. The van der Waals surface area contributed by atoms with Crippen LogP contribution < -0.4 is 0 Å². The molecule has 23 heavy (non-hydrogen) atoms. The van der Waals surface area contributed by atoms with Crippen molar-refractivity contribution < 1.29 is 4.79 Å². The molecule has 2 aromatic heterocycles. The van der Waals surface area contributed by atoms with E-state index in [4.69, 9.17) is 0 Å². The predicted octanol–water partition coefficient (Wildman–Crippen LogP) is 2.89. The molecular formula is C17H24N4OS. The van der Waals surface area contributed by atoms with Crippen molar-refractivity contribution in [2.45, 2.75) is 59.0 Å². The number of aromatic nitrogens is 3. The summed E-state index contributed by atoms with van der Waals surface area (Å²) >= 11 is 1.61. The van der Waals surface area contributed by atoms with Crippen molar-refractivity contribution in [1.29, 1.82) is 0 Å². The summed E-state index contributed by atoms with van der Waals surface area (Å²) < 4.78 is 2.04. The van der Waals surface area contributed by atoms with Gasteiger partial charge in [0.25, 0.3) is 0 Å². The second kappa shape index (κ2) is 6.83. The smallest absolute Gasteiger partial charge is 0.228 e. The molecule has 1 fully saturated rings. The summed E-state index contributed by atoms with van der Waals surface area (Å²) in [6.45, 7) is 7.71. The Morgan fingerprint density at radius 1 is 1.35 bits per heavy atom. The van der Waals surface area contributed by atoms with E-state index in [1.807, 2.05) is 23.9 Å². The van der Waals surface area contributed by atoms with Crippen molar-refractivity contribution in [3.05, 3.63) is 33.5 Å². The molecule has 0 bridgehead atoms. The summed E-state index contributed by atoms with van der Waals surface area (Å²) in [7, 11) is 0. The number of carbonyl (C=O) groups excluding carboxylic acids is 1.